The van der Waals surface area contributed by atoms with E-state index in [0.717, 1.165) is 31.3 Å². The Morgan fingerprint density at radius 2 is 1.53 bits per heavy atom. The Hall–Kier alpha value is -2.67. The molecule has 0 spiro atoms. The molecule has 0 aliphatic rings. The van der Waals surface area contributed by atoms with Gasteiger partial charge in [-0.15, -0.1) is 0 Å². The van der Waals surface area contributed by atoms with Crippen LogP contribution in [0.1, 0.15) is 89.9 Å². The number of aliphatic hydroxyl groups is 1. The first-order valence-corrected chi connectivity index (χ1v) is 12.0. The summed E-state index contributed by atoms with van der Waals surface area (Å²) in [7, 11) is 0. The molecule has 0 saturated carbocycles. The summed E-state index contributed by atoms with van der Waals surface area (Å²) >= 11 is 0. The second-order valence-corrected chi connectivity index (χ2v) is 9.66. The number of carboxylic acid groups (broad SMARTS) is 1. The zero-order chi connectivity index (χ0) is 25.7. The fourth-order valence-corrected chi connectivity index (χ4v) is 3.39. The van der Waals surface area contributed by atoms with Crippen molar-refractivity contribution in [1.82, 2.24) is 0 Å². The standard InChI is InChI=1S/C27H40O7/c1-19(2)11-9-7-6-8-10-12-23(18-33-26(31)20(3)17-24(28)29)34-22-15-13-21(14-16-22)25(30)27(4,5)32/h13-17,19,23,32H,6-12,18H2,1-5H3,(H,28,29)/b20-17-. The fourth-order valence-electron chi connectivity index (χ4n) is 3.39. The van der Waals surface area contributed by atoms with E-state index in [2.05, 4.69) is 13.8 Å². The van der Waals surface area contributed by atoms with Gasteiger partial charge in [0.1, 0.15) is 24.1 Å². The van der Waals surface area contributed by atoms with Crippen LogP contribution in [0.2, 0.25) is 0 Å². The van der Waals surface area contributed by atoms with Gasteiger partial charge >= 0.3 is 11.9 Å². The fraction of sp³-hybridized carbons (Fsp3) is 0.593. The Balaban J connectivity index is 2.71. The number of hydrogen-bond acceptors (Lipinski definition) is 6. The third-order valence-corrected chi connectivity index (χ3v) is 5.34. The lowest BCUT2D eigenvalue weighted by atomic mass is 9.97. The lowest BCUT2D eigenvalue weighted by Crippen LogP contribution is -2.31. The number of carbonyl (C=O) groups is 3. The maximum Gasteiger partial charge on any atom is 0.334 e. The first-order valence-electron chi connectivity index (χ1n) is 12.0. The molecule has 0 saturated heterocycles. The first kappa shape index (κ1) is 29.4. The number of ketones is 1. The highest BCUT2D eigenvalue weighted by atomic mass is 16.6. The number of ether oxygens (including phenoxy) is 2. The molecule has 7 nitrogen and oxygen atoms in total. The number of carboxylic acids is 1. The number of rotatable bonds is 16. The van der Waals surface area contributed by atoms with Crippen molar-refractivity contribution < 1.29 is 34.1 Å². The molecule has 1 aromatic carbocycles. The maximum atomic E-state index is 12.2. The van der Waals surface area contributed by atoms with Crippen molar-refractivity contribution in [3.05, 3.63) is 41.5 Å². The molecule has 0 aromatic heterocycles. The molecule has 0 aliphatic heterocycles. The number of esters is 1. The molecule has 0 radical (unpaired) electrons. The van der Waals surface area contributed by atoms with Crippen molar-refractivity contribution in [3.8, 4) is 5.75 Å². The highest BCUT2D eigenvalue weighted by Gasteiger charge is 2.25. The molecule has 34 heavy (non-hydrogen) atoms. The summed E-state index contributed by atoms with van der Waals surface area (Å²) in [6, 6.07) is 6.48. The summed E-state index contributed by atoms with van der Waals surface area (Å²) in [4.78, 5) is 35.1. The van der Waals surface area contributed by atoms with Crippen molar-refractivity contribution in [2.45, 2.75) is 91.3 Å². The molecule has 0 fully saturated rings. The summed E-state index contributed by atoms with van der Waals surface area (Å²) in [6.07, 6.45) is 7.80. The Labute approximate surface area is 203 Å². The second-order valence-electron chi connectivity index (χ2n) is 9.66. The van der Waals surface area contributed by atoms with Gasteiger partial charge in [0.15, 0.2) is 5.78 Å². The molecule has 1 unspecified atom stereocenters. The third kappa shape index (κ3) is 12.0. The van der Waals surface area contributed by atoms with Gasteiger partial charge in [-0.1, -0.05) is 46.0 Å². The maximum absolute atomic E-state index is 12.2. The Bertz CT molecular complexity index is 816. The lowest BCUT2D eigenvalue weighted by Gasteiger charge is -2.20. The predicted octanol–water partition coefficient (Wildman–Crippen LogP) is 5.35. The summed E-state index contributed by atoms with van der Waals surface area (Å²) in [5.74, 6) is -1.06. The molecule has 0 heterocycles. The average molecular weight is 477 g/mol. The lowest BCUT2D eigenvalue weighted by molar-refractivity contribution is -0.142. The van der Waals surface area contributed by atoms with Crippen LogP contribution in [-0.4, -0.2) is 46.2 Å². The molecule has 0 amide bonds. The Kier molecular flexibility index (Phi) is 12.6. The number of benzene rings is 1. The average Bonchev–Trinajstić information content (AvgIpc) is 2.75. The quantitative estimate of drug-likeness (QED) is 0.143. The van der Waals surface area contributed by atoms with E-state index < -0.39 is 23.6 Å². The molecule has 0 aliphatic carbocycles. The molecule has 2 N–H and O–H groups in total. The van der Waals surface area contributed by atoms with E-state index in [4.69, 9.17) is 14.6 Å². The van der Waals surface area contributed by atoms with Crippen LogP contribution >= 0.6 is 0 Å². The number of carbonyl (C=O) groups excluding carboxylic acids is 2. The van der Waals surface area contributed by atoms with Gasteiger partial charge in [-0.3, -0.25) is 4.79 Å². The number of Topliss-reactive ketones (excluding diaryl/α,β-unsaturated/α-hetero) is 1. The zero-order valence-corrected chi connectivity index (χ0v) is 21.1. The minimum atomic E-state index is -1.46. The second kappa shape index (κ2) is 14.6. The van der Waals surface area contributed by atoms with Crippen LogP contribution in [0, 0.1) is 5.92 Å². The van der Waals surface area contributed by atoms with Crippen LogP contribution < -0.4 is 4.74 Å². The topological polar surface area (TPSA) is 110 Å². The highest BCUT2D eigenvalue weighted by Crippen LogP contribution is 2.20. The Morgan fingerprint density at radius 1 is 0.971 bits per heavy atom. The van der Waals surface area contributed by atoms with Crippen LogP contribution in [0.4, 0.5) is 0 Å². The van der Waals surface area contributed by atoms with E-state index in [1.165, 1.54) is 40.0 Å². The number of unbranched alkanes of at least 4 members (excludes halogenated alkanes) is 4. The Morgan fingerprint density at radius 3 is 2.06 bits per heavy atom. The normalized spacial score (nSPS) is 13.0. The number of hydrogen-bond donors (Lipinski definition) is 2. The van der Waals surface area contributed by atoms with Gasteiger partial charge in [-0.25, -0.2) is 9.59 Å². The van der Waals surface area contributed by atoms with E-state index in [-0.39, 0.29) is 18.0 Å². The monoisotopic (exact) mass is 476 g/mol. The molecular formula is C27H40O7. The zero-order valence-electron chi connectivity index (χ0n) is 21.1. The van der Waals surface area contributed by atoms with E-state index in [1.807, 2.05) is 0 Å². The van der Waals surface area contributed by atoms with E-state index in [9.17, 15) is 19.5 Å². The molecule has 1 atom stereocenters. The van der Waals surface area contributed by atoms with Gasteiger partial charge in [0.05, 0.1) is 0 Å². The van der Waals surface area contributed by atoms with Crippen molar-refractivity contribution in [2.75, 3.05) is 6.61 Å². The van der Waals surface area contributed by atoms with Gasteiger partial charge < -0.3 is 19.7 Å². The molecule has 190 valence electrons. The van der Waals surface area contributed by atoms with Crippen LogP contribution in [0.15, 0.2) is 35.9 Å². The van der Waals surface area contributed by atoms with Crippen LogP contribution in [0.3, 0.4) is 0 Å². The minimum absolute atomic E-state index is 0.00545. The summed E-state index contributed by atoms with van der Waals surface area (Å²) < 4.78 is 11.3. The van der Waals surface area contributed by atoms with E-state index in [0.29, 0.717) is 17.7 Å². The van der Waals surface area contributed by atoms with Crippen LogP contribution in [0.5, 0.6) is 5.75 Å². The van der Waals surface area contributed by atoms with Crippen molar-refractivity contribution in [2.24, 2.45) is 5.92 Å². The van der Waals surface area contributed by atoms with Gasteiger partial charge in [0.25, 0.3) is 0 Å². The summed E-state index contributed by atoms with van der Waals surface area (Å²) in [5, 5.41) is 18.7. The van der Waals surface area contributed by atoms with Gasteiger partial charge in [0, 0.05) is 17.2 Å². The number of aliphatic carboxylic acids is 1. The minimum Gasteiger partial charge on any atom is -0.487 e. The van der Waals surface area contributed by atoms with Gasteiger partial charge in [0.2, 0.25) is 0 Å². The molecule has 7 heteroatoms. The van der Waals surface area contributed by atoms with Crippen molar-refractivity contribution in [3.63, 3.8) is 0 Å². The van der Waals surface area contributed by atoms with Gasteiger partial charge in [-0.2, -0.15) is 0 Å². The molecule has 0 bridgehead atoms. The molecule has 1 rings (SSSR count). The summed E-state index contributed by atoms with van der Waals surface area (Å²) in [6.45, 7) is 8.71. The molecule has 1 aromatic rings. The SMILES string of the molecule is C/C(=C/C(=O)O)C(=O)OCC(CCCCCCCC(C)C)Oc1ccc(C(=O)C(C)(C)O)cc1. The van der Waals surface area contributed by atoms with Crippen LogP contribution in [0.25, 0.3) is 0 Å². The summed E-state index contributed by atoms with van der Waals surface area (Å²) in [5.41, 5.74) is -1.08. The highest BCUT2D eigenvalue weighted by molar-refractivity contribution is 6.01. The van der Waals surface area contributed by atoms with E-state index >= 15 is 0 Å². The third-order valence-electron chi connectivity index (χ3n) is 5.34. The van der Waals surface area contributed by atoms with Crippen molar-refractivity contribution in [1.29, 1.82) is 0 Å². The first-order chi connectivity index (χ1) is 15.9. The van der Waals surface area contributed by atoms with E-state index in [1.54, 1.807) is 24.3 Å². The molecular weight excluding hydrogens is 436 g/mol. The smallest absolute Gasteiger partial charge is 0.334 e. The predicted molar refractivity (Wildman–Crippen MR) is 131 cm³/mol. The largest absolute Gasteiger partial charge is 0.487 e. The van der Waals surface area contributed by atoms with Crippen LogP contribution in [-0.2, 0) is 14.3 Å². The van der Waals surface area contributed by atoms with Gasteiger partial charge in [-0.05, 0) is 63.8 Å². The van der Waals surface area contributed by atoms with Crippen molar-refractivity contribution >= 4 is 17.7 Å².